The molecule has 5 nitrogen and oxygen atoms in total. The first kappa shape index (κ1) is 15.4. The van der Waals surface area contributed by atoms with Gasteiger partial charge in [-0.25, -0.2) is 17.5 Å². The van der Waals surface area contributed by atoms with Gasteiger partial charge in [0.05, 0.1) is 17.0 Å². The molecule has 2 rings (SSSR count). The molecular weight excluding hydrogens is 283 g/mol. The van der Waals surface area contributed by atoms with Crippen molar-refractivity contribution in [2.45, 2.75) is 30.3 Å². The zero-order valence-corrected chi connectivity index (χ0v) is 12.4. The van der Waals surface area contributed by atoms with Crippen molar-refractivity contribution < 1.29 is 17.5 Å². The Kier molecular flexibility index (Phi) is 4.43. The fourth-order valence-corrected chi connectivity index (χ4v) is 3.65. The monoisotopic (exact) mass is 302 g/mol. The van der Waals surface area contributed by atoms with Crippen molar-refractivity contribution in [1.29, 1.82) is 0 Å². The molecule has 1 heterocycles. The third-order valence-electron chi connectivity index (χ3n) is 3.29. The zero-order valence-electron chi connectivity index (χ0n) is 11.6. The second-order valence-corrected chi connectivity index (χ2v) is 6.93. The summed E-state index contributed by atoms with van der Waals surface area (Å²) in [7, 11) is -2.01. The third-order valence-corrected chi connectivity index (χ3v) is 4.93. The van der Waals surface area contributed by atoms with Crippen LogP contribution in [0.25, 0.3) is 0 Å². The molecule has 112 valence electrons. The molecule has 0 saturated carbocycles. The standard InChI is InChI=1S/C13H19FN2O3S/c1-13(5-6-19-9-13)16-20(17,18)11-3-4-12(14)10(7-11)8-15-2/h3-4,7,15-16H,5-6,8-9H2,1-2H3. The number of benzene rings is 1. The lowest BCUT2D eigenvalue weighted by Gasteiger charge is -2.23. The predicted octanol–water partition coefficient (Wildman–Crippen LogP) is 1.00. The molecule has 0 amide bonds. The lowest BCUT2D eigenvalue weighted by molar-refractivity contribution is 0.178. The van der Waals surface area contributed by atoms with Gasteiger partial charge in [-0.2, -0.15) is 0 Å². The highest BCUT2D eigenvalue weighted by molar-refractivity contribution is 7.89. The van der Waals surface area contributed by atoms with Gasteiger partial charge >= 0.3 is 0 Å². The van der Waals surface area contributed by atoms with Crippen molar-refractivity contribution >= 4 is 10.0 Å². The van der Waals surface area contributed by atoms with Crippen LogP contribution in [0.3, 0.4) is 0 Å². The van der Waals surface area contributed by atoms with Crippen LogP contribution in [-0.2, 0) is 21.3 Å². The minimum atomic E-state index is -3.68. The molecule has 1 saturated heterocycles. The van der Waals surface area contributed by atoms with Gasteiger partial charge in [0, 0.05) is 18.7 Å². The number of hydrogen-bond acceptors (Lipinski definition) is 4. The van der Waals surface area contributed by atoms with E-state index in [1.165, 1.54) is 18.2 Å². The molecule has 0 radical (unpaired) electrons. The van der Waals surface area contributed by atoms with Crippen LogP contribution < -0.4 is 10.0 Å². The van der Waals surface area contributed by atoms with Crippen LogP contribution in [0.2, 0.25) is 0 Å². The van der Waals surface area contributed by atoms with Gasteiger partial charge in [-0.15, -0.1) is 0 Å². The smallest absolute Gasteiger partial charge is 0.241 e. The van der Waals surface area contributed by atoms with E-state index in [0.29, 0.717) is 25.2 Å². The van der Waals surface area contributed by atoms with Crippen LogP contribution >= 0.6 is 0 Å². The molecule has 1 aliphatic rings. The number of halogens is 1. The molecule has 1 aliphatic heterocycles. The van der Waals surface area contributed by atoms with Gasteiger partial charge in [0.2, 0.25) is 10.0 Å². The average molecular weight is 302 g/mol. The molecule has 2 N–H and O–H groups in total. The van der Waals surface area contributed by atoms with Gasteiger partial charge < -0.3 is 10.1 Å². The quantitative estimate of drug-likeness (QED) is 0.851. The Bertz CT molecular complexity index is 583. The van der Waals surface area contributed by atoms with E-state index in [4.69, 9.17) is 4.74 Å². The summed E-state index contributed by atoms with van der Waals surface area (Å²) < 4.78 is 46.1. The van der Waals surface area contributed by atoms with Crippen molar-refractivity contribution in [2.24, 2.45) is 0 Å². The summed E-state index contributed by atoms with van der Waals surface area (Å²) in [4.78, 5) is 0.0669. The highest BCUT2D eigenvalue weighted by atomic mass is 32.2. The normalized spacial score (nSPS) is 23.1. The van der Waals surface area contributed by atoms with Gasteiger partial charge in [0.25, 0.3) is 0 Å². The summed E-state index contributed by atoms with van der Waals surface area (Å²) >= 11 is 0. The van der Waals surface area contributed by atoms with Crippen LogP contribution in [0.4, 0.5) is 4.39 Å². The summed E-state index contributed by atoms with van der Waals surface area (Å²) in [5.41, 5.74) is -0.278. The minimum absolute atomic E-state index is 0.0669. The lowest BCUT2D eigenvalue weighted by atomic mass is 10.0. The van der Waals surface area contributed by atoms with E-state index in [9.17, 15) is 12.8 Å². The molecule has 7 heteroatoms. The van der Waals surface area contributed by atoms with Crippen LogP contribution in [0, 0.1) is 5.82 Å². The SMILES string of the molecule is CNCc1cc(S(=O)(=O)NC2(C)CCOC2)ccc1F. The van der Waals surface area contributed by atoms with E-state index >= 15 is 0 Å². The molecule has 0 bridgehead atoms. The molecule has 20 heavy (non-hydrogen) atoms. The van der Waals surface area contributed by atoms with Crippen molar-refractivity contribution in [3.63, 3.8) is 0 Å². The predicted molar refractivity (Wildman–Crippen MR) is 73.3 cm³/mol. The van der Waals surface area contributed by atoms with E-state index < -0.39 is 21.4 Å². The number of ether oxygens (including phenoxy) is 1. The number of sulfonamides is 1. The van der Waals surface area contributed by atoms with Gasteiger partial charge in [-0.1, -0.05) is 0 Å². The molecule has 1 unspecified atom stereocenters. The van der Waals surface area contributed by atoms with Crippen LogP contribution in [-0.4, -0.2) is 34.2 Å². The Balaban J connectivity index is 2.27. The van der Waals surface area contributed by atoms with E-state index in [2.05, 4.69) is 10.0 Å². The maximum absolute atomic E-state index is 13.5. The molecule has 0 aliphatic carbocycles. The van der Waals surface area contributed by atoms with Gasteiger partial charge in [-0.05, 0) is 38.6 Å². The van der Waals surface area contributed by atoms with Crippen molar-refractivity contribution in [2.75, 3.05) is 20.3 Å². The topological polar surface area (TPSA) is 67.4 Å². The number of nitrogens with one attached hydrogen (secondary N) is 2. The van der Waals surface area contributed by atoms with Crippen LogP contribution in [0.5, 0.6) is 0 Å². The lowest BCUT2D eigenvalue weighted by Crippen LogP contribution is -2.46. The van der Waals surface area contributed by atoms with Crippen molar-refractivity contribution in [3.8, 4) is 0 Å². The highest BCUT2D eigenvalue weighted by Crippen LogP contribution is 2.22. The molecule has 1 atom stereocenters. The third kappa shape index (κ3) is 3.35. The summed E-state index contributed by atoms with van der Waals surface area (Å²) in [6.07, 6.45) is 0.622. The molecule has 1 fully saturated rings. The summed E-state index contributed by atoms with van der Waals surface area (Å²) in [6, 6.07) is 3.80. The average Bonchev–Trinajstić information content (AvgIpc) is 2.77. The first-order chi connectivity index (χ1) is 9.36. The zero-order chi connectivity index (χ0) is 14.8. The van der Waals surface area contributed by atoms with Gasteiger partial charge in [0.1, 0.15) is 5.82 Å². The van der Waals surface area contributed by atoms with Crippen molar-refractivity contribution in [3.05, 3.63) is 29.6 Å². The molecule has 0 spiro atoms. The van der Waals surface area contributed by atoms with Gasteiger partial charge in [-0.3, -0.25) is 0 Å². The number of rotatable bonds is 5. The van der Waals surface area contributed by atoms with E-state index in [1.807, 2.05) is 0 Å². The molecule has 1 aromatic carbocycles. The Labute approximate surface area is 118 Å². The number of hydrogen-bond donors (Lipinski definition) is 2. The molecule has 1 aromatic rings. The second kappa shape index (κ2) is 5.77. The summed E-state index contributed by atoms with van der Waals surface area (Å²) in [5, 5.41) is 2.81. The first-order valence-electron chi connectivity index (χ1n) is 6.41. The fourth-order valence-electron chi connectivity index (χ4n) is 2.18. The Morgan fingerprint density at radius 1 is 1.45 bits per heavy atom. The fraction of sp³-hybridized carbons (Fsp3) is 0.538. The summed E-state index contributed by atoms with van der Waals surface area (Å²) in [6.45, 7) is 2.95. The molecular formula is C13H19FN2O3S. The Morgan fingerprint density at radius 3 is 2.80 bits per heavy atom. The van der Waals surface area contributed by atoms with E-state index in [1.54, 1.807) is 14.0 Å². The summed E-state index contributed by atoms with van der Waals surface area (Å²) in [5.74, 6) is -0.422. The van der Waals surface area contributed by atoms with Crippen molar-refractivity contribution in [1.82, 2.24) is 10.0 Å². The minimum Gasteiger partial charge on any atom is -0.379 e. The van der Waals surface area contributed by atoms with Gasteiger partial charge in [0.15, 0.2) is 0 Å². The Hall–Kier alpha value is -1.02. The van der Waals surface area contributed by atoms with E-state index in [-0.39, 0.29) is 11.4 Å². The molecule has 0 aromatic heterocycles. The van der Waals surface area contributed by atoms with E-state index in [0.717, 1.165) is 0 Å². The van der Waals surface area contributed by atoms with Crippen LogP contribution in [0.15, 0.2) is 23.1 Å². The van der Waals surface area contributed by atoms with Crippen LogP contribution in [0.1, 0.15) is 18.9 Å². The maximum Gasteiger partial charge on any atom is 0.241 e. The second-order valence-electron chi connectivity index (χ2n) is 5.25. The Morgan fingerprint density at radius 2 is 2.20 bits per heavy atom. The highest BCUT2D eigenvalue weighted by Gasteiger charge is 2.34. The first-order valence-corrected chi connectivity index (χ1v) is 7.89. The maximum atomic E-state index is 13.5. The largest absolute Gasteiger partial charge is 0.379 e.